The first-order chi connectivity index (χ1) is 12.9. The molecule has 0 aromatic heterocycles. The Morgan fingerprint density at radius 2 is 1.67 bits per heavy atom. The van der Waals surface area contributed by atoms with Gasteiger partial charge in [-0.25, -0.2) is 0 Å². The third-order valence-electron chi connectivity index (χ3n) is 3.83. The molecular weight excluding hydrogens is 340 g/mol. The van der Waals surface area contributed by atoms with Gasteiger partial charge in [-0.05, 0) is 55.3 Å². The van der Waals surface area contributed by atoms with Crippen molar-refractivity contribution in [3.63, 3.8) is 0 Å². The normalized spacial score (nSPS) is 10.9. The molecule has 5 nitrogen and oxygen atoms in total. The highest BCUT2D eigenvalue weighted by Crippen LogP contribution is 2.21. The number of aryl methyl sites for hydroxylation is 1. The largest absolute Gasteiger partial charge is 0.496 e. The van der Waals surface area contributed by atoms with Gasteiger partial charge in [0.05, 0.1) is 7.11 Å². The Kier molecular flexibility index (Phi) is 7.17. The van der Waals surface area contributed by atoms with Crippen LogP contribution in [0.5, 0.6) is 5.75 Å². The summed E-state index contributed by atoms with van der Waals surface area (Å²) in [5.41, 5.74) is 3.29. The number of anilines is 2. The molecular formula is C22H26N2O3. The zero-order valence-electron chi connectivity index (χ0n) is 16.2. The van der Waals surface area contributed by atoms with Gasteiger partial charge in [0.15, 0.2) is 0 Å². The minimum absolute atomic E-state index is 0.0168. The molecule has 0 bridgehead atoms. The minimum Gasteiger partial charge on any atom is -0.496 e. The van der Waals surface area contributed by atoms with E-state index >= 15 is 0 Å². The number of carbonyl (C=O) groups is 2. The summed E-state index contributed by atoms with van der Waals surface area (Å²) in [7, 11) is 1.60. The summed E-state index contributed by atoms with van der Waals surface area (Å²) in [6, 6.07) is 12.8. The second kappa shape index (κ2) is 9.57. The Hall–Kier alpha value is -3.08. The van der Waals surface area contributed by atoms with E-state index in [1.807, 2.05) is 39.0 Å². The van der Waals surface area contributed by atoms with Crippen LogP contribution in [0.3, 0.4) is 0 Å². The van der Waals surface area contributed by atoms with Crippen molar-refractivity contribution in [3.8, 4) is 5.75 Å². The number of ether oxygens (including phenoxy) is 1. The Bertz CT molecular complexity index is 824. The van der Waals surface area contributed by atoms with Crippen molar-refractivity contribution in [1.82, 2.24) is 0 Å². The lowest BCUT2D eigenvalue weighted by Gasteiger charge is -2.08. The van der Waals surface area contributed by atoms with Crippen LogP contribution in [-0.2, 0) is 9.59 Å². The molecule has 0 unspecified atom stereocenters. The average Bonchev–Trinajstić information content (AvgIpc) is 2.61. The molecule has 0 saturated heterocycles. The third kappa shape index (κ3) is 6.62. The van der Waals surface area contributed by atoms with E-state index in [4.69, 9.17) is 4.74 Å². The number of amides is 2. The Balaban J connectivity index is 1.96. The lowest BCUT2D eigenvalue weighted by Crippen LogP contribution is -2.14. The van der Waals surface area contributed by atoms with Crippen molar-refractivity contribution in [1.29, 1.82) is 0 Å². The molecule has 0 radical (unpaired) electrons. The second-order valence-corrected chi connectivity index (χ2v) is 6.79. The Labute approximate surface area is 160 Å². The van der Waals surface area contributed by atoms with Crippen LogP contribution in [0.15, 0.2) is 48.5 Å². The van der Waals surface area contributed by atoms with Gasteiger partial charge in [-0.2, -0.15) is 0 Å². The maximum atomic E-state index is 12.1. The first-order valence-electron chi connectivity index (χ1n) is 8.91. The molecule has 0 spiro atoms. The van der Waals surface area contributed by atoms with Crippen LogP contribution < -0.4 is 15.4 Å². The fourth-order valence-corrected chi connectivity index (χ4v) is 2.55. The summed E-state index contributed by atoms with van der Waals surface area (Å²) in [6.07, 6.45) is 3.67. The van der Waals surface area contributed by atoms with Crippen molar-refractivity contribution in [2.24, 2.45) is 5.92 Å². The molecule has 0 aliphatic heterocycles. The summed E-state index contributed by atoms with van der Waals surface area (Å²) in [4.78, 5) is 23.9. The number of methoxy groups -OCH3 is 1. The van der Waals surface area contributed by atoms with Gasteiger partial charge in [0, 0.05) is 29.4 Å². The van der Waals surface area contributed by atoms with Crippen LogP contribution in [0.2, 0.25) is 0 Å². The van der Waals surface area contributed by atoms with E-state index in [0.717, 1.165) is 11.1 Å². The number of nitrogens with one attached hydrogen (secondary N) is 2. The van der Waals surface area contributed by atoms with E-state index < -0.39 is 0 Å². The predicted octanol–water partition coefficient (Wildman–Crippen LogP) is 4.64. The van der Waals surface area contributed by atoms with E-state index in [0.29, 0.717) is 29.5 Å². The van der Waals surface area contributed by atoms with E-state index in [2.05, 4.69) is 10.6 Å². The SMILES string of the molecule is COc1ccc(C)cc1/C=C/C(=O)Nc1ccc(NC(=O)CC(C)C)cc1. The summed E-state index contributed by atoms with van der Waals surface area (Å²) in [5.74, 6) is 0.764. The van der Waals surface area contributed by atoms with Crippen molar-refractivity contribution in [2.45, 2.75) is 27.2 Å². The van der Waals surface area contributed by atoms with Crippen LogP contribution in [-0.4, -0.2) is 18.9 Å². The molecule has 27 heavy (non-hydrogen) atoms. The Morgan fingerprint density at radius 1 is 1.04 bits per heavy atom. The van der Waals surface area contributed by atoms with Crippen LogP contribution >= 0.6 is 0 Å². The average molecular weight is 366 g/mol. The van der Waals surface area contributed by atoms with Crippen LogP contribution in [0.4, 0.5) is 11.4 Å². The van der Waals surface area contributed by atoms with Crippen LogP contribution in [0.1, 0.15) is 31.4 Å². The smallest absolute Gasteiger partial charge is 0.248 e. The number of rotatable bonds is 7. The molecule has 0 fully saturated rings. The standard InChI is InChI=1S/C22H26N2O3/c1-15(2)13-22(26)24-19-9-7-18(8-10-19)23-21(25)12-6-17-14-16(3)5-11-20(17)27-4/h5-12,14-15H,13H2,1-4H3,(H,23,25)(H,24,26)/b12-6+. The number of hydrogen-bond acceptors (Lipinski definition) is 3. The van der Waals surface area contributed by atoms with Gasteiger partial charge in [0.1, 0.15) is 5.75 Å². The molecule has 5 heteroatoms. The molecule has 142 valence electrons. The van der Waals surface area contributed by atoms with Gasteiger partial charge in [-0.3, -0.25) is 9.59 Å². The monoisotopic (exact) mass is 366 g/mol. The first-order valence-corrected chi connectivity index (χ1v) is 8.91. The summed E-state index contributed by atoms with van der Waals surface area (Å²) in [5, 5.41) is 5.64. The quantitative estimate of drug-likeness (QED) is 0.702. The fraction of sp³-hybridized carbons (Fsp3) is 0.273. The fourth-order valence-electron chi connectivity index (χ4n) is 2.55. The van der Waals surface area contributed by atoms with Crippen molar-refractivity contribution >= 4 is 29.3 Å². The number of hydrogen-bond donors (Lipinski definition) is 2. The summed E-state index contributed by atoms with van der Waals surface area (Å²) < 4.78 is 5.30. The van der Waals surface area contributed by atoms with Gasteiger partial charge >= 0.3 is 0 Å². The molecule has 2 rings (SSSR count). The molecule has 2 N–H and O–H groups in total. The van der Waals surface area contributed by atoms with E-state index in [1.165, 1.54) is 6.08 Å². The molecule has 0 aliphatic rings. The van der Waals surface area contributed by atoms with Crippen LogP contribution in [0, 0.1) is 12.8 Å². The van der Waals surface area contributed by atoms with E-state index in [-0.39, 0.29) is 11.8 Å². The maximum Gasteiger partial charge on any atom is 0.248 e. The number of carbonyl (C=O) groups excluding carboxylic acids is 2. The highest BCUT2D eigenvalue weighted by Gasteiger charge is 2.06. The molecule has 0 saturated carbocycles. The predicted molar refractivity (Wildman–Crippen MR) is 110 cm³/mol. The van der Waals surface area contributed by atoms with Crippen molar-refractivity contribution in [3.05, 3.63) is 59.7 Å². The first kappa shape index (κ1) is 20.2. The van der Waals surface area contributed by atoms with Gasteiger partial charge in [0.25, 0.3) is 0 Å². The van der Waals surface area contributed by atoms with Gasteiger partial charge < -0.3 is 15.4 Å². The third-order valence-corrected chi connectivity index (χ3v) is 3.83. The van der Waals surface area contributed by atoms with Crippen molar-refractivity contribution in [2.75, 3.05) is 17.7 Å². The molecule has 2 amide bonds. The molecule has 0 aliphatic carbocycles. The van der Waals surface area contributed by atoms with Gasteiger partial charge in [-0.1, -0.05) is 25.5 Å². The molecule has 0 atom stereocenters. The topological polar surface area (TPSA) is 67.4 Å². The van der Waals surface area contributed by atoms with E-state index in [9.17, 15) is 9.59 Å². The van der Waals surface area contributed by atoms with Crippen LogP contribution in [0.25, 0.3) is 6.08 Å². The molecule has 2 aromatic carbocycles. The second-order valence-electron chi connectivity index (χ2n) is 6.79. The molecule has 0 heterocycles. The number of benzene rings is 2. The van der Waals surface area contributed by atoms with E-state index in [1.54, 1.807) is 37.5 Å². The summed E-state index contributed by atoms with van der Waals surface area (Å²) in [6.45, 7) is 5.98. The highest BCUT2D eigenvalue weighted by molar-refractivity contribution is 6.02. The lowest BCUT2D eigenvalue weighted by molar-refractivity contribution is -0.117. The van der Waals surface area contributed by atoms with Gasteiger partial charge in [-0.15, -0.1) is 0 Å². The highest BCUT2D eigenvalue weighted by atomic mass is 16.5. The minimum atomic E-state index is -0.241. The zero-order valence-corrected chi connectivity index (χ0v) is 16.2. The zero-order chi connectivity index (χ0) is 19.8. The van der Waals surface area contributed by atoms with Crippen molar-refractivity contribution < 1.29 is 14.3 Å². The van der Waals surface area contributed by atoms with Gasteiger partial charge in [0.2, 0.25) is 11.8 Å². The maximum absolute atomic E-state index is 12.1. The Morgan fingerprint density at radius 3 is 2.26 bits per heavy atom. The summed E-state index contributed by atoms with van der Waals surface area (Å²) >= 11 is 0. The lowest BCUT2D eigenvalue weighted by atomic mass is 10.1. The molecule has 2 aromatic rings.